The van der Waals surface area contributed by atoms with Crippen molar-refractivity contribution < 1.29 is 18.3 Å². The molecule has 7 heteroatoms. The lowest BCUT2D eigenvalue weighted by Crippen LogP contribution is -2.38. The molecule has 0 aliphatic rings. The molecule has 0 radical (unpaired) electrons. The van der Waals surface area contributed by atoms with E-state index in [1.807, 2.05) is 18.2 Å². The minimum atomic E-state index is -0.476. The lowest BCUT2D eigenvalue weighted by atomic mass is 10.1. The van der Waals surface area contributed by atoms with Crippen molar-refractivity contribution >= 4 is 5.96 Å². The normalized spacial score (nSPS) is 11.2. The second-order valence-electron chi connectivity index (χ2n) is 5.52. The number of rotatable bonds is 7. The van der Waals surface area contributed by atoms with E-state index >= 15 is 0 Å². The van der Waals surface area contributed by atoms with Gasteiger partial charge in [-0.3, -0.25) is 4.99 Å². The van der Waals surface area contributed by atoms with E-state index in [9.17, 15) is 8.78 Å². The van der Waals surface area contributed by atoms with Gasteiger partial charge >= 0.3 is 0 Å². The molecular formula is C19H23F2N3O2. The molecule has 2 rings (SSSR count). The number of nitrogens with one attached hydrogen (secondary N) is 2. The first-order valence-corrected chi connectivity index (χ1v) is 8.16. The van der Waals surface area contributed by atoms with Crippen LogP contribution in [0.1, 0.15) is 11.1 Å². The molecule has 0 fully saturated rings. The minimum Gasteiger partial charge on any atom is -0.497 e. The Kier molecular flexibility index (Phi) is 7.20. The Labute approximate surface area is 152 Å². The van der Waals surface area contributed by atoms with Crippen LogP contribution >= 0.6 is 0 Å². The molecule has 0 aromatic heterocycles. The molecule has 0 saturated carbocycles. The fraction of sp³-hybridized carbons (Fsp3) is 0.316. The molecule has 0 saturated heterocycles. The van der Waals surface area contributed by atoms with Crippen molar-refractivity contribution in [3.05, 3.63) is 59.2 Å². The number of aliphatic imine (C=N–C) groups is 1. The molecular weight excluding hydrogens is 340 g/mol. The highest BCUT2D eigenvalue weighted by Crippen LogP contribution is 2.24. The Bertz CT molecular complexity index is 766. The van der Waals surface area contributed by atoms with Crippen LogP contribution in [0.5, 0.6) is 11.5 Å². The number of ether oxygens (including phenoxy) is 2. The molecule has 0 atom stereocenters. The number of halogens is 2. The second kappa shape index (κ2) is 9.60. The largest absolute Gasteiger partial charge is 0.497 e. The summed E-state index contributed by atoms with van der Waals surface area (Å²) >= 11 is 0. The summed E-state index contributed by atoms with van der Waals surface area (Å²) in [5, 5.41) is 6.10. The van der Waals surface area contributed by atoms with Gasteiger partial charge in [0.1, 0.15) is 23.1 Å². The molecule has 0 aliphatic carbocycles. The first-order chi connectivity index (χ1) is 12.6. The standard InChI is InChI=1S/C19H23F2N3O2/c1-22-19(24-12-14-10-15(20)4-6-17(14)21)23-9-8-13-11-16(25-2)5-7-18(13)26-3/h4-7,10-11H,8-9,12H2,1-3H3,(H2,22,23,24). The van der Waals surface area contributed by atoms with Gasteiger partial charge in [-0.25, -0.2) is 8.78 Å². The van der Waals surface area contributed by atoms with E-state index < -0.39 is 11.6 Å². The van der Waals surface area contributed by atoms with E-state index in [1.54, 1.807) is 21.3 Å². The predicted octanol–water partition coefficient (Wildman–Crippen LogP) is 2.89. The quantitative estimate of drug-likeness (QED) is 0.587. The summed E-state index contributed by atoms with van der Waals surface area (Å²) in [5.74, 6) is 1.09. The number of benzene rings is 2. The maximum atomic E-state index is 13.7. The van der Waals surface area contributed by atoms with E-state index in [1.165, 1.54) is 0 Å². The SMILES string of the molecule is CN=C(NCCc1cc(OC)ccc1OC)NCc1cc(F)ccc1F. The summed E-state index contributed by atoms with van der Waals surface area (Å²) in [4.78, 5) is 4.08. The summed E-state index contributed by atoms with van der Waals surface area (Å²) in [6.45, 7) is 0.709. The zero-order chi connectivity index (χ0) is 18.9. The van der Waals surface area contributed by atoms with Crippen molar-refractivity contribution in [3.63, 3.8) is 0 Å². The van der Waals surface area contributed by atoms with Gasteiger partial charge in [0.15, 0.2) is 5.96 Å². The molecule has 26 heavy (non-hydrogen) atoms. The third-order valence-corrected chi connectivity index (χ3v) is 3.85. The monoisotopic (exact) mass is 363 g/mol. The molecule has 5 nitrogen and oxygen atoms in total. The van der Waals surface area contributed by atoms with Crippen LogP contribution in [0.15, 0.2) is 41.4 Å². The van der Waals surface area contributed by atoms with Gasteiger partial charge in [0.25, 0.3) is 0 Å². The summed E-state index contributed by atoms with van der Waals surface area (Å²) in [6.07, 6.45) is 0.676. The third kappa shape index (κ3) is 5.34. The van der Waals surface area contributed by atoms with E-state index in [4.69, 9.17) is 9.47 Å². The van der Waals surface area contributed by atoms with Crippen LogP contribution in [0.3, 0.4) is 0 Å². The van der Waals surface area contributed by atoms with Gasteiger partial charge in [0, 0.05) is 25.7 Å². The Morgan fingerprint density at radius 2 is 1.81 bits per heavy atom. The number of hydrogen-bond acceptors (Lipinski definition) is 3. The average molecular weight is 363 g/mol. The lowest BCUT2D eigenvalue weighted by Gasteiger charge is -2.14. The molecule has 0 amide bonds. The Morgan fingerprint density at radius 3 is 2.50 bits per heavy atom. The summed E-state index contributed by atoms with van der Waals surface area (Å²) in [6, 6.07) is 8.97. The molecule has 0 aliphatic heterocycles. The van der Waals surface area contributed by atoms with Crippen molar-refractivity contribution in [2.75, 3.05) is 27.8 Å². The Hall–Kier alpha value is -2.83. The van der Waals surface area contributed by atoms with Gasteiger partial charge < -0.3 is 20.1 Å². The van der Waals surface area contributed by atoms with Gasteiger partial charge in [0.05, 0.1) is 14.2 Å². The van der Waals surface area contributed by atoms with Crippen molar-refractivity contribution in [1.82, 2.24) is 10.6 Å². The third-order valence-electron chi connectivity index (χ3n) is 3.85. The number of methoxy groups -OCH3 is 2. The van der Waals surface area contributed by atoms with Crippen molar-refractivity contribution in [3.8, 4) is 11.5 Å². The number of nitrogens with zero attached hydrogens (tertiary/aromatic N) is 1. The molecule has 0 spiro atoms. The van der Waals surface area contributed by atoms with Crippen LogP contribution in [0.2, 0.25) is 0 Å². The molecule has 0 bridgehead atoms. The van der Waals surface area contributed by atoms with Gasteiger partial charge in [-0.05, 0) is 48.4 Å². The van der Waals surface area contributed by atoms with Crippen molar-refractivity contribution in [2.45, 2.75) is 13.0 Å². The summed E-state index contributed by atoms with van der Waals surface area (Å²) in [5.41, 5.74) is 1.23. The summed E-state index contributed by atoms with van der Waals surface area (Å²) in [7, 11) is 4.84. The zero-order valence-electron chi connectivity index (χ0n) is 15.1. The molecule has 0 unspecified atom stereocenters. The number of hydrogen-bond donors (Lipinski definition) is 2. The highest BCUT2D eigenvalue weighted by molar-refractivity contribution is 5.79. The van der Waals surface area contributed by atoms with Gasteiger partial charge in [-0.1, -0.05) is 0 Å². The maximum Gasteiger partial charge on any atom is 0.191 e. The molecule has 0 heterocycles. The van der Waals surface area contributed by atoms with Crippen LogP contribution < -0.4 is 20.1 Å². The highest BCUT2D eigenvalue weighted by Gasteiger charge is 2.07. The minimum absolute atomic E-state index is 0.131. The Morgan fingerprint density at radius 1 is 1.00 bits per heavy atom. The summed E-state index contributed by atoms with van der Waals surface area (Å²) < 4.78 is 37.5. The van der Waals surface area contributed by atoms with E-state index in [0.717, 1.165) is 35.3 Å². The highest BCUT2D eigenvalue weighted by atomic mass is 19.1. The van der Waals surface area contributed by atoms with Crippen molar-refractivity contribution in [2.24, 2.45) is 4.99 Å². The van der Waals surface area contributed by atoms with E-state index in [0.29, 0.717) is 18.9 Å². The van der Waals surface area contributed by atoms with Crippen LogP contribution in [-0.4, -0.2) is 33.8 Å². The van der Waals surface area contributed by atoms with E-state index in [-0.39, 0.29) is 12.1 Å². The molecule has 2 aromatic carbocycles. The van der Waals surface area contributed by atoms with Crippen LogP contribution in [0, 0.1) is 11.6 Å². The smallest absolute Gasteiger partial charge is 0.191 e. The molecule has 140 valence electrons. The first kappa shape index (κ1) is 19.5. The molecule has 2 N–H and O–H groups in total. The lowest BCUT2D eigenvalue weighted by molar-refractivity contribution is 0.398. The first-order valence-electron chi connectivity index (χ1n) is 8.16. The maximum absolute atomic E-state index is 13.7. The van der Waals surface area contributed by atoms with Crippen molar-refractivity contribution in [1.29, 1.82) is 0 Å². The van der Waals surface area contributed by atoms with Crippen LogP contribution in [0.4, 0.5) is 8.78 Å². The van der Waals surface area contributed by atoms with Crippen LogP contribution in [0.25, 0.3) is 0 Å². The fourth-order valence-electron chi connectivity index (χ4n) is 2.47. The predicted molar refractivity (Wildman–Crippen MR) is 97.8 cm³/mol. The van der Waals surface area contributed by atoms with Gasteiger partial charge in [-0.2, -0.15) is 0 Å². The zero-order valence-corrected chi connectivity index (χ0v) is 15.1. The topological polar surface area (TPSA) is 54.9 Å². The van der Waals surface area contributed by atoms with E-state index in [2.05, 4.69) is 15.6 Å². The molecule has 2 aromatic rings. The Balaban J connectivity index is 1.90. The van der Waals surface area contributed by atoms with Gasteiger partial charge in [-0.15, -0.1) is 0 Å². The fourth-order valence-corrected chi connectivity index (χ4v) is 2.47. The van der Waals surface area contributed by atoms with Crippen LogP contribution in [-0.2, 0) is 13.0 Å². The number of guanidine groups is 1. The average Bonchev–Trinajstić information content (AvgIpc) is 2.66. The second-order valence-corrected chi connectivity index (χ2v) is 5.52. The van der Waals surface area contributed by atoms with Gasteiger partial charge in [0.2, 0.25) is 0 Å².